The van der Waals surface area contributed by atoms with Crippen LogP contribution in [0.2, 0.25) is 5.02 Å². The van der Waals surface area contributed by atoms with Crippen molar-refractivity contribution >= 4 is 11.6 Å². The minimum atomic E-state index is -2.90. The average molecular weight is 317 g/mol. The van der Waals surface area contributed by atoms with E-state index in [1.165, 1.54) is 16.8 Å². The van der Waals surface area contributed by atoms with Gasteiger partial charge >= 0.3 is 6.61 Å². The summed E-state index contributed by atoms with van der Waals surface area (Å²) in [5, 5.41) is 8.32. The highest BCUT2D eigenvalue weighted by Crippen LogP contribution is 2.25. The molecule has 0 saturated heterocycles. The Bertz CT molecular complexity index is 606. The number of alkyl halides is 2. The van der Waals surface area contributed by atoms with E-state index in [0.29, 0.717) is 16.3 Å². The van der Waals surface area contributed by atoms with Crippen LogP contribution in [0, 0.1) is 0 Å². The maximum absolute atomic E-state index is 12.4. The van der Waals surface area contributed by atoms with E-state index in [1.807, 2.05) is 6.92 Å². The van der Waals surface area contributed by atoms with Crippen LogP contribution in [0.5, 0.6) is 5.75 Å². The standard InChI is InChI=1S/C13H15ClF2N4O/c1-2-10(17)11-7-20(19-18-11)6-8-5-9(14)3-4-12(8)21-13(15)16/h3-5,7,10,13H,2,6,17H2,1H3. The van der Waals surface area contributed by atoms with Crippen LogP contribution in [0.3, 0.4) is 0 Å². The van der Waals surface area contributed by atoms with Gasteiger partial charge in [-0.1, -0.05) is 23.7 Å². The average Bonchev–Trinajstić information content (AvgIpc) is 2.89. The molecule has 0 aliphatic heterocycles. The van der Waals surface area contributed by atoms with Crippen LogP contribution in [0.1, 0.15) is 30.6 Å². The van der Waals surface area contributed by atoms with Gasteiger partial charge in [0.1, 0.15) is 5.75 Å². The molecule has 0 spiro atoms. The summed E-state index contributed by atoms with van der Waals surface area (Å²) < 4.78 is 30.8. The molecule has 2 N–H and O–H groups in total. The van der Waals surface area contributed by atoms with Crippen molar-refractivity contribution in [2.24, 2.45) is 5.73 Å². The van der Waals surface area contributed by atoms with Gasteiger partial charge in [0.2, 0.25) is 0 Å². The summed E-state index contributed by atoms with van der Waals surface area (Å²) in [5.41, 5.74) is 7.00. The molecule has 0 aliphatic rings. The van der Waals surface area contributed by atoms with E-state index >= 15 is 0 Å². The lowest BCUT2D eigenvalue weighted by molar-refractivity contribution is -0.0505. The monoisotopic (exact) mass is 316 g/mol. The van der Waals surface area contributed by atoms with Crippen molar-refractivity contribution in [3.63, 3.8) is 0 Å². The molecule has 8 heteroatoms. The Morgan fingerprint density at radius 3 is 2.86 bits per heavy atom. The molecule has 0 saturated carbocycles. The molecule has 2 aromatic rings. The first-order chi connectivity index (χ1) is 9.99. The van der Waals surface area contributed by atoms with Gasteiger partial charge in [0.25, 0.3) is 0 Å². The van der Waals surface area contributed by atoms with E-state index in [-0.39, 0.29) is 18.3 Å². The fourth-order valence-electron chi connectivity index (χ4n) is 1.83. The Labute approximate surface area is 125 Å². The lowest BCUT2D eigenvalue weighted by Gasteiger charge is -2.11. The minimum Gasteiger partial charge on any atom is -0.434 e. The molecular weight excluding hydrogens is 302 g/mol. The summed E-state index contributed by atoms with van der Waals surface area (Å²) in [5.74, 6) is 0.0613. The topological polar surface area (TPSA) is 66.0 Å². The normalized spacial score (nSPS) is 12.7. The Hall–Kier alpha value is -1.73. The van der Waals surface area contributed by atoms with E-state index in [2.05, 4.69) is 15.0 Å². The smallest absolute Gasteiger partial charge is 0.387 e. The number of aromatic nitrogens is 3. The number of ether oxygens (including phenoxy) is 1. The van der Waals surface area contributed by atoms with Crippen LogP contribution in [-0.2, 0) is 6.54 Å². The third-order valence-corrected chi connectivity index (χ3v) is 3.18. The van der Waals surface area contributed by atoms with E-state index in [4.69, 9.17) is 17.3 Å². The van der Waals surface area contributed by atoms with Gasteiger partial charge < -0.3 is 10.5 Å². The zero-order chi connectivity index (χ0) is 15.4. The second-order valence-electron chi connectivity index (χ2n) is 4.49. The van der Waals surface area contributed by atoms with Crippen LogP contribution in [0.15, 0.2) is 24.4 Å². The van der Waals surface area contributed by atoms with Crippen LogP contribution >= 0.6 is 11.6 Å². The molecule has 1 unspecified atom stereocenters. The number of hydrogen-bond donors (Lipinski definition) is 1. The van der Waals surface area contributed by atoms with E-state index in [1.54, 1.807) is 12.3 Å². The quantitative estimate of drug-likeness (QED) is 0.889. The second-order valence-corrected chi connectivity index (χ2v) is 4.92. The predicted molar refractivity (Wildman–Crippen MR) is 74.4 cm³/mol. The number of nitrogens with zero attached hydrogens (tertiary/aromatic N) is 3. The van der Waals surface area contributed by atoms with Gasteiger partial charge in [0.05, 0.1) is 24.5 Å². The van der Waals surface area contributed by atoms with Crippen molar-refractivity contribution in [3.8, 4) is 5.75 Å². The third kappa shape index (κ3) is 4.12. The minimum absolute atomic E-state index is 0.0613. The van der Waals surface area contributed by atoms with Gasteiger partial charge in [-0.05, 0) is 24.6 Å². The zero-order valence-corrected chi connectivity index (χ0v) is 12.1. The van der Waals surface area contributed by atoms with Crippen molar-refractivity contribution < 1.29 is 13.5 Å². The lowest BCUT2D eigenvalue weighted by Crippen LogP contribution is -2.09. The highest BCUT2D eigenvalue weighted by Gasteiger charge is 2.13. The molecule has 0 aliphatic carbocycles. The maximum atomic E-state index is 12.4. The molecule has 0 radical (unpaired) electrons. The Kier molecular flexibility index (Phi) is 5.08. The first-order valence-corrected chi connectivity index (χ1v) is 6.76. The Morgan fingerprint density at radius 2 is 2.19 bits per heavy atom. The summed E-state index contributed by atoms with van der Waals surface area (Å²) >= 11 is 5.89. The fourth-order valence-corrected chi connectivity index (χ4v) is 2.02. The zero-order valence-electron chi connectivity index (χ0n) is 11.3. The SMILES string of the molecule is CCC(N)c1cn(Cc2cc(Cl)ccc2OC(F)F)nn1. The Morgan fingerprint density at radius 1 is 1.43 bits per heavy atom. The van der Waals surface area contributed by atoms with Crippen molar-refractivity contribution in [3.05, 3.63) is 40.7 Å². The molecule has 1 aromatic carbocycles. The van der Waals surface area contributed by atoms with E-state index in [0.717, 1.165) is 6.42 Å². The van der Waals surface area contributed by atoms with Crippen LogP contribution in [0.4, 0.5) is 8.78 Å². The molecule has 21 heavy (non-hydrogen) atoms. The first kappa shape index (κ1) is 15.7. The maximum Gasteiger partial charge on any atom is 0.387 e. The van der Waals surface area contributed by atoms with E-state index < -0.39 is 6.61 Å². The molecule has 5 nitrogen and oxygen atoms in total. The van der Waals surface area contributed by atoms with Gasteiger partial charge in [-0.25, -0.2) is 4.68 Å². The van der Waals surface area contributed by atoms with Gasteiger partial charge in [-0.2, -0.15) is 8.78 Å². The van der Waals surface area contributed by atoms with E-state index in [9.17, 15) is 8.78 Å². The van der Waals surface area contributed by atoms with Crippen molar-refractivity contribution in [2.75, 3.05) is 0 Å². The van der Waals surface area contributed by atoms with Crippen LogP contribution in [0.25, 0.3) is 0 Å². The van der Waals surface area contributed by atoms with Gasteiger partial charge in [0.15, 0.2) is 0 Å². The third-order valence-electron chi connectivity index (χ3n) is 2.95. The van der Waals surface area contributed by atoms with Crippen molar-refractivity contribution in [2.45, 2.75) is 32.5 Å². The predicted octanol–water partition coefficient (Wildman–Crippen LogP) is 2.99. The molecule has 0 fully saturated rings. The number of halogens is 3. The molecule has 1 atom stereocenters. The van der Waals surface area contributed by atoms with Crippen molar-refractivity contribution in [1.82, 2.24) is 15.0 Å². The molecule has 0 bridgehead atoms. The molecule has 0 amide bonds. The highest BCUT2D eigenvalue weighted by atomic mass is 35.5. The fraction of sp³-hybridized carbons (Fsp3) is 0.385. The van der Waals surface area contributed by atoms with Gasteiger partial charge in [-0.15, -0.1) is 5.10 Å². The first-order valence-electron chi connectivity index (χ1n) is 6.38. The number of benzene rings is 1. The number of hydrogen-bond acceptors (Lipinski definition) is 4. The highest BCUT2D eigenvalue weighted by molar-refractivity contribution is 6.30. The number of nitrogens with two attached hydrogens (primary N) is 1. The molecule has 1 heterocycles. The van der Waals surface area contributed by atoms with Crippen LogP contribution < -0.4 is 10.5 Å². The van der Waals surface area contributed by atoms with Crippen LogP contribution in [-0.4, -0.2) is 21.6 Å². The summed E-state index contributed by atoms with van der Waals surface area (Å²) in [6.07, 6.45) is 2.41. The summed E-state index contributed by atoms with van der Waals surface area (Å²) in [6.45, 7) is -0.744. The summed E-state index contributed by atoms with van der Waals surface area (Å²) in [6, 6.07) is 4.25. The Balaban J connectivity index is 2.22. The van der Waals surface area contributed by atoms with Gasteiger partial charge in [0, 0.05) is 10.6 Å². The summed E-state index contributed by atoms with van der Waals surface area (Å²) in [4.78, 5) is 0. The molecular formula is C13H15ClF2N4O. The lowest BCUT2D eigenvalue weighted by atomic mass is 10.2. The molecule has 2 rings (SSSR count). The molecule has 1 aromatic heterocycles. The molecule has 114 valence electrons. The number of rotatable bonds is 6. The second kappa shape index (κ2) is 6.82. The van der Waals surface area contributed by atoms with Gasteiger partial charge in [-0.3, -0.25) is 0 Å². The summed E-state index contributed by atoms with van der Waals surface area (Å²) in [7, 11) is 0. The van der Waals surface area contributed by atoms with Crippen molar-refractivity contribution in [1.29, 1.82) is 0 Å². The largest absolute Gasteiger partial charge is 0.434 e.